The van der Waals surface area contributed by atoms with Crippen LogP contribution in [0.3, 0.4) is 0 Å². The number of fused-ring (bicyclic) bond motifs is 5. The number of anilines is 3. The van der Waals surface area contributed by atoms with E-state index in [0.29, 0.717) is 0 Å². The van der Waals surface area contributed by atoms with Crippen LogP contribution in [0.15, 0.2) is 174 Å². The number of hydrogen-bond acceptors (Lipinski definition) is 2. The maximum absolute atomic E-state index is 6.63. The third kappa shape index (κ3) is 5.12. The standard InChI is InChI=1S/C48H37NO/c1-48(2,3)46-43-21-10-11-22-45(43)50-47(46)36-16-12-17-38(30-36)49(39-28-23-32-13-4-5-14-34(32)29-39)37-26-24-33(25-27-37)44-31-35-15-6-7-18-40(35)41-19-8-9-20-42(41)44/h4-31H,1-3H3. The normalized spacial score (nSPS) is 11.9. The second-order valence-electron chi connectivity index (χ2n) is 14.2. The second kappa shape index (κ2) is 11.8. The van der Waals surface area contributed by atoms with Crippen molar-refractivity contribution in [1.82, 2.24) is 0 Å². The predicted molar refractivity (Wildman–Crippen MR) is 213 cm³/mol. The first-order chi connectivity index (χ1) is 24.4. The van der Waals surface area contributed by atoms with Crippen LogP contribution in [0, 0.1) is 0 Å². The molecule has 0 spiro atoms. The van der Waals surface area contributed by atoms with E-state index in [1.54, 1.807) is 0 Å². The third-order valence-electron chi connectivity index (χ3n) is 9.91. The zero-order valence-electron chi connectivity index (χ0n) is 28.5. The van der Waals surface area contributed by atoms with Gasteiger partial charge in [-0.25, -0.2) is 0 Å². The molecular formula is C48H37NO. The van der Waals surface area contributed by atoms with E-state index in [-0.39, 0.29) is 5.41 Å². The Hall–Kier alpha value is -6.12. The van der Waals surface area contributed by atoms with E-state index < -0.39 is 0 Å². The van der Waals surface area contributed by atoms with Crippen molar-refractivity contribution < 1.29 is 4.42 Å². The number of para-hydroxylation sites is 1. The second-order valence-corrected chi connectivity index (χ2v) is 14.2. The Kier molecular flexibility index (Phi) is 7.07. The third-order valence-corrected chi connectivity index (χ3v) is 9.91. The summed E-state index contributed by atoms with van der Waals surface area (Å²) in [6, 6.07) is 61.2. The molecule has 0 radical (unpaired) electrons. The zero-order valence-corrected chi connectivity index (χ0v) is 28.5. The Morgan fingerprint density at radius 2 is 1.04 bits per heavy atom. The van der Waals surface area contributed by atoms with Crippen molar-refractivity contribution in [1.29, 1.82) is 0 Å². The summed E-state index contributed by atoms with van der Waals surface area (Å²) in [4.78, 5) is 2.36. The molecule has 1 aromatic heterocycles. The van der Waals surface area contributed by atoms with Crippen LogP contribution in [0.5, 0.6) is 0 Å². The lowest BCUT2D eigenvalue weighted by Crippen LogP contribution is -2.12. The maximum Gasteiger partial charge on any atom is 0.139 e. The molecule has 1 heterocycles. The Morgan fingerprint density at radius 1 is 0.420 bits per heavy atom. The van der Waals surface area contributed by atoms with Crippen LogP contribution in [0.4, 0.5) is 17.1 Å². The molecule has 0 unspecified atom stereocenters. The van der Waals surface area contributed by atoms with E-state index >= 15 is 0 Å². The molecule has 0 amide bonds. The molecule has 50 heavy (non-hydrogen) atoms. The minimum absolute atomic E-state index is 0.0985. The van der Waals surface area contributed by atoms with Crippen molar-refractivity contribution in [2.24, 2.45) is 0 Å². The molecule has 2 nitrogen and oxygen atoms in total. The van der Waals surface area contributed by atoms with Gasteiger partial charge in [-0.3, -0.25) is 0 Å². The van der Waals surface area contributed by atoms with Gasteiger partial charge in [0.15, 0.2) is 0 Å². The molecule has 9 rings (SSSR count). The molecular weight excluding hydrogens is 607 g/mol. The summed E-state index contributed by atoms with van der Waals surface area (Å²) < 4.78 is 6.63. The lowest BCUT2D eigenvalue weighted by atomic mass is 9.83. The minimum atomic E-state index is -0.0985. The molecule has 0 aliphatic rings. The smallest absolute Gasteiger partial charge is 0.139 e. The van der Waals surface area contributed by atoms with Gasteiger partial charge in [0.25, 0.3) is 0 Å². The van der Waals surface area contributed by atoms with Crippen LogP contribution < -0.4 is 4.90 Å². The molecule has 0 atom stereocenters. The van der Waals surface area contributed by atoms with E-state index in [1.165, 1.54) is 54.4 Å². The average Bonchev–Trinajstić information content (AvgIpc) is 3.56. The molecule has 240 valence electrons. The van der Waals surface area contributed by atoms with Crippen LogP contribution in [-0.2, 0) is 5.41 Å². The van der Waals surface area contributed by atoms with E-state index in [0.717, 1.165) is 34.0 Å². The van der Waals surface area contributed by atoms with E-state index in [4.69, 9.17) is 4.42 Å². The van der Waals surface area contributed by atoms with Gasteiger partial charge in [-0.1, -0.05) is 142 Å². The highest BCUT2D eigenvalue weighted by Crippen LogP contribution is 2.44. The van der Waals surface area contributed by atoms with Crippen molar-refractivity contribution >= 4 is 60.3 Å². The number of hydrogen-bond donors (Lipinski definition) is 0. The summed E-state index contributed by atoms with van der Waals surface area (Å²) in [6.45, 7) is 6.79. The molecule has 0 aliphatic carbocycles. The molecule has 0 fully saturated rings. The van der Waals surface area contributed by atoms with Crippen molar-refractivity contribution in [2.75, 3.05) is 4.90 Å². The molecule has 0 saturated carbocycles. The predicted octanol–water partition coefficient (Wildman–Crippen LogP) is 14.0. The lowest BCUT2D eigenvalue weighted by molar-refractivity contribution is 0.568. The summed E-state index contributed by atoms with van der Waals surface area (Å²) in [5.74, 6) is 0.928. The van der Waals surface area contributed by atoms with Crippen LogP contribution in [0.1, 0.15) is 26.3 Å². The van der Waals surface area contributed by atoms with E-state index in [2.05, 4.69) is 189 Å². The van der Waals surface area contributed by atoms with Crippen LogP contribution in [0.25, 0.3) is 65.7 Å². The van der Waals surface area contributed by atoms with Gasteiger partial charge in [0.05, 0.1) is 0 Å². The first-order valence-corrected chi connectivity index (χ1v) is 17.3. The van der Waals surface area contributed by atoms with E-state index in [1.807, 2.05) is 6.07 Å². The van der Waals surface area contributed by atoms with Gasteiger partial charge in [-0.2, -0.15) is 0 Å². The van der Waals surface area contributed by atoms with E-state index in [9.17, 15) is 0 Å². The first kappa shape index (κ1) is 30.0. The van der Waals surface area contributed by atoms with Crippen LogP contribution in [-0.4, -0.2) is 0 Å². The van der Waals surface area contributed by atoms with Gasteiger partial charge in [0.1, 0.15) is 11.3 Å². The van der Waals surface area contributed by atoms with Gasteiger partial charge in [-0.15, -0.1) is 0 Å². The summed E-state index contributed by atoms with van der Waals surface area (Å²) >= 11 is 0. The van der Waals surface area contributed by atoms with Gasteiger partial charge in [0, 0.05) is 33.6 Å². The number of rotatable bonds is 5. The zero-order chi connectivity index (χ0) is 33.8. The monoisotopic (exact) mass is 643 g/mol. The number of benzene rings is 8. The Bertz CT molecular complexity index is 2690. The highest BCUT2D eigenvalue weighted by Gasteiger charge is 2.26. The molecule has 0 N–H and O–H groups in total. The molecule has 0 bridgehead atoms. The Morgan fingerprint density at radius 3 is 1.82 bits per heavy atom. The topological polar surface area (TPSA) is 16.4 Å². The maximum atomic E-state index is 6.63. The molecule has 2 heteroatoms. The van der Waals surface area contributed by atoms with Gasteiger partial charge < -0.3 is 9.32 Å². The molecule has 0 saturated heterocycles. The summed E-state index contributed by atoms with van der Waals surface area (Å²) in [6.07, 6.45) is 0. The molecule has 0 aliphatic heterocycles. The first-order valence-electron chi connectivity index (χ1n) is 17.3. The largest absolute Gasteiger partial charge is 0.456 e. The fourth-order valence-corrected chi connectivity index (χ4v) is 7.63. The lowest BCUT2D eigenvalue weighted by Gasteiger charge is -2.27. The van der Waals surface area contributed by atoms with Crippen molar-refractivity contribution in [3.05, 3.63) is 175 Å². The number of nitrogens with zero attached hydrogens (tertiary/aromatic N) is 1. The van der Waals surface area contributed by atoms with Gasteiger partial charge in [0.2, 0.25) is 0 Å². The van der Waals surface area contributed by atoms with Crippen LogP contribution >= 0.6 is 0 Å². The Balaban J connectivity index is 1.20. The highest BCUT2D eigenvalue weighted by molar-refractivity contribution is 6.13. The Labute approximate surface area is 292 Å². The highest BCUT2D eigenvalue weighted by atomic mass is 16.3. The average molecular weight is 644 g/mol. The van der Waals surface area contributed by atoms with Gasteiger partial charge >= 0.3 is 0 Å². The SMILES string of the molecule is CC(C)(C)c1c(-c2cccc(N(c3ccc(-c4cc5ccccc5c5ccccc45)cc3)c3ccc4ccccc4c3)c2)oc2ccccc12. The van der Waals surface area contributed by atoms with Crippen molar-refractivity contribution in [3.8, 4) is 22.5 Å². The van der Waals surface area contributed by atoms with Crippen molar-refractivity contribution in [3.63, 3.8) is 0 Å². The molecule has 9 aromatic rings. The minimum Gasteiger partial charge on any atom is -0.456 e. The summed E-state index contributed by atoms with van der Waals surface area (Å²) in [7, 11) is 0. The quantitative estimate of drug-likeness (QED) is 0.174. The number of furan rings is 1. The molecule has 8 aromatic carbocycles. The van der Waals surface area contributed by atoms with Gasteiger partial charge in [-0.05, 0) is 97.4 Å². The summed E-state index contributed by atoms with van der Waals surface area (Å²) in [5.41, 5.74) is 8.81. The fourth-order valence-electron chi connectivity index (χ4n) is 7.63. The van der Waals surface area contributed by atoms with Crippen LogP contribution in [0.2, 0.25) is 0 Å². The fraction of sp³-hybridized carbons (Fsp3) is 0.0833. The summed E-state index contributed by atoms with van der Waals surface area (Å²) in [5, 5.41) is 8.67. The van der Waals surface area contributed by atoms with Crippen molar-refractivity contribution in [2.45, 2.75) is 26.2 Å².